The lowest BCUT2D eigenvalue weighted by molar-refractivity contribution is -0.384. The van der Waals surface area contributed by atoms with Crippen LogP contribution in [0.1, 0.15) is 10.5 Å². The molecular weight excluding hydrogens is 377 g/mol. The van der Waals surface area contributed by atoms with E-state index in [9.17, 15) is 19.3 Å². The van der Waals surface area contributed by atoms with Gasteiger partial charge >= 0.3 is 0 Å². The summed E-state index contributed by atoms with van der Waals surface area (Å²) in [4.78, 5) is 25.1. The number of hydrogen-bond acceptors (Lipinski definition) is 5. The van der Waals surface area contributed by atoms with E-state index in [1.807, 2.05) is 19.0 Å². The minimum atomic E-state index is -0.507. The van der Waals surface area contributed by atoms with Crippen molar-refractivity contribution in [1.29, 1.82) is 0 Å². The number of rotatable bonds is 7. The van der Waals surface area contributed by atoms with Crippen LogP contribution in [0.15, 0.2) is 54.6 Å². The molecule has 0 saturated heterocycles. The number of nitrogens with zero attached hydrogens (tertiary/aromatic N) is 4. The molecule has 0 saturated carbocycles. The minimum absolute atomic E-state index is 0.0767. The van der Waals surface area contributed by atoms with Crippen molar-refractivity contribution >= 4 is 11.6 Å². The lowest BCUT2D eigenvalue weighted by atomic mass is 10.1. The second-order valence-corrected chi connectivity index (χ2v) is 6.64. The van der Waals surface area contributed by atoms with Crippen molar-refractivity contribution in [3.63, 3.8) is 0 Å². The summed E-state index contributed by atoms with van der Waals surface area (Å²) in [7, 11) is 3.78. The van der Waals surface area contributed by atoms with Gasteiger partial charge in [0.2, 0.25) is 0 Å². The molecule has 0 aliphatic heterocycles. The first-order valence-electron chi connectivity index (χ1n) is 8.89. The van der Waals surface area contributed by atoms with Crippen LogP contribution in [-0.2, 0) is 0 Å². The Morgan fingerprint density at radius 3 is 2.52 bits per heavy atom. The van der Waals surface area contributed by atoms with Gasteiger partial charge in [-0.3, -0.25) is 14.9 Å². The number of carbonyl (C=O) groups excluding carboxylic acids is 1. The van der Waals surface area contributed by atoms with Crippen LogP contribution < -0.4 is 5.32 Å². The highest BCUT2D eigenvalue weighted by atomic mass is 19.1. The van der Waals surface area contributed by atoms with Gasteiger partial charge in [-0.2, -0.15) is 5.10 Å². The summed E-state index contributed by atoms with van der Waals surface area (Å²) in [5.74, 6) is -0.833. The molecule has 3 aromatic rings. The van der Waals surface area contributed by atoms with E-state index < -0.39 is 10.7 Å². The quantitative estimate of drug-likeness (QED) is 0.489. The summed E-state index contributed by atoms with van der Waals surface area (Å²) >= 11 is 0. The Morgan fingerprint density at radius 2 is 1.90 bits per heavy atom. The second-order valence-electron chi connectivity index (χ2n) is 6.64. The molecule has 1 N–H and O–H groups in total. The summed E-state index contributed by atoms with van der Waals surface area (Å²) < 4.78 is 15.6. The van der Waals surface area contributed by atoms with E-state index in [0.717, 1.165) is 0 Å². The molecule has 0 bridgehead atoms. The molecule has 1 amide bonds. The fourth-order valence-corrected chi connectivity index (χ4v) is 2.74. The monoisotopic (exact) mass is 397 g/mol. The smallest absolute Gasteiger partial charge is 0.270 e. The zero-order valence-electron chi connectivity index (χ0n) is 16.0. The molecule has 0 aliphatic rings. The number of amides is 1. The van der Waals surface area contributed by atoms with Gasteiger partial charge in [0.05, 0.1) is 16.3 Å². The Bertz CT molecular complexity index is 1030. The molecular formula is C20H20FN5O3. The molecule has 8 nitrogen and oxygen atoms in total. The van der Waals surface area contributed by atoms with E-state index in [1.165, 1.54) is 41.1 Å². The number of nitro benzene ring substituents is 1. The van der Waals surface area contributed by atoms with Crippen LogP contribution in [0, 0.1) is 15.9 Å². The highest BCUT2D eigenvalue weighted by molar-refractivity contribution is 5.94. The SMILES string of the molecule is CN(C)CCNC(=O)c1cc(-c2ccccc2F)nn1-c1ccc([N+](=O)[O-])cc1. The van der Waals surface area contributed by atoms with Gasteiger partial charge in [-0.15, -0.1) is 0 Å². The number of nitrogens with one attached hydrogen (secondary N) is 1. The highest BCUT2D eigenvalue weighted by Gasteiger charge is 2.19. The lowest BCUT2D eigenvalue weighted by Gasteiger charge is -2.11. The molecule has 0 fully saturated rings. The van der Waals surface area contributed by atoms with Crippen LogP contribution in [0.25, 0.3) is 16.9 Å². The van der Waals surface area contributed by atoms with Gasteiger partial charge in [-0.25, -0.2) is 9.07 Å². The van der Waals surface area contributed by atoms with Crippen molar-refractivity contribution in [1.82, 2.24) is 20.0 Å². The second kappa shape index (κ2) is 8.61. The number of likely N-dealkylation sites (N-methyl/N-ethyl adjacent to an activating group) is 1. The average Bonchev–Trinajstić information content (AvgIpc) is 3.13. The highest BCUT2D eigenvalue weighted by Crippen LogP contribution is 2.25. The summed E-state index contributed by atoms with van der Waals surface area (Å²) in [5.41, 5.74) is 1.13. The van der Waals surface area contributed by atoms with Crippen molar-refractivity contribution in [2.75, 3.05) is 27.2 Å². The Morgan fingerprint density at radius 1 is 1.21 bits per heavy atom. The molecule has 150 valence electrons. The number of carbonyl (C=O) groups is 1. The molecule has 2 aromatic carbocycles. The van der Waals surface area contributed by atoms with Crippen molar-refractivity contribution in [3.8, 4) is 16.9 Å². The minimum Gasteiger partial charge on any atom is -0.349 e. The molecule has 0 radical (unpaired) electrons. The lowest BCUT2D eigenvalue weighted by Crippen LogP contribution is -2.32. The standard InChI is InChI=1S/C20H20FN5O3/c1-24(2)12-11-22-20(27)19-13-18(16-5-3-4-6-17(16)21)23-25(19)14-7-9-15(10-8-14)26(28)29/h3-10,13H,11-12H2,1-2H3,(H,22,27). The van der Waals surface area contributed by atoms with E-state index in [2.05, 4.69) is 10.4 Å². The van der Waals surface area contributed by atoms with Crippen molar-refractivity contribution in [2.24, 2.45) is 0 Å². The van der Waals surface area contributed by atoms with Crippen molar-refractivity contribution < 1.29 is 14.1 Å². The van der Waals surface area contributed by atoms with Gasteiger partial charge in [-0.1, -0.05) is 12.1 Å². The first-order chi connectivity index (χ1) is 13.9. The van der Waals surface area contributed by atoms with Crippen molar-refractivity contribution in [3.05, 3.63) is 76.2 Å². The van der Waals surface area contributed by atoms with Gasteiger partial charge in [0.25, 0.3) is 11.6 Å². The van der Waals surface area contributed by atoms with Crippen molar-refractivity contribution in [2.45, 2.75) is 0 Å². The molecule has 29 heavy (non-hydrogen) atoms. The predicted octanol–water partition coefficient (Wildman–Crippen LogP) is 2.88. The molecule has 1 heterocycles. The number of hydrogen-bond donors (Lipinski definition) is 1. The maximum absolute atomic E-state index is 14.2. The zero-order chi connectivity index (χ0) is 21.0. The number of halogens is 1. The third-order valence-electron chi connectivity index (χ3n) is 4.24. The summed E-state index contributed by atoms with van der Waals surface area (Å²) in [6.45, 7) is 1.07. The summed E-state index contributed by atoms with van der Waals surface area (Å²) in [6, 6.07) is 13.3. The van der Waals surface area contributed by atoms with Gasteiger partial charge in [0, 0.05) is 30.8 Å². The fourth-order valence-electron chi connectivity index (χ4n) is 2.74. The molecule has 9 heteroatoms. The summed E-state index contributed by atoms with van der Waals surface area (Å²) in [5, 5.41) is 18.1. The zero-order valence-corrected chi connectivity index (χ0v) is 16.0. The third-order valence-corrected chi connectivity index (χ3v) is 4.24. The van der Waals surface area contributed by atoms with Crippen LogP contribution in [0.5, 0.6) is 0 Å². The maximum atomic E-state index is 14.2. The normalized spacial score (nSPS) is 10.9. The van der Waals surface area contributed by atoms with Gasteiger partial charge in [0.1, 0.15) is 11.5 Å². The van der Waals surface area contributed by atoms with E-state index in [-0.39, 0.29) is 22.9 Å². The van der Waals surface area contributed by atoms with Crippen LogP contribution >= 0.6 is 0 Å². The van der Waals surface area contributed by atoms with Crippen LogP contribution in [0.4, 0.5) is 10.1 Å². The number of aromatic nitrogens is 2. The fraction of sp³-hybridized carbons (Fsp3) is 0.200. The predicted molar refractivity (Wildman–Crippen MR) is 106 cm³/mol. The molecule has 0 atom stereocenters. The largest absolute Gasteiger partial charge is 0.349 e. The van der Waals surface area contributed by atoms with E-state index in [4.69, 9.17) is 0 Å². The number of non-ortho nitro benzene ring substituents is 1. The first-order valence-corrected chi connectivity index (χ1v) is 8.89. The summed E-state index contributed by atoms with van der Waals surface area (Å²) in [6.07, 6.45) is 0. The van der Waals surface area contributed by atoms with Gasteiger partial charge in [0.15, 0.2) is 0 Å². The topological polar surface area (TPSA) is 93.3 Å². The Labute approximate surface area is 166 Å². The average molecular weight is 397 g/mol. The van der Waals surface area contributed by atoms with Gasteiger partial charge in [-0.05, 0) is 44.4 Å². The third kappa shape index (κ3) is 4.64. The van der Waals surface area contributed by atoms with Crippen LogP contribution in [0.2, 0.25) is 0 Å². The van der Waals surface area contributed by atoms with E-state index in [0.29, 0.717) is 24.5 Å². The Balaban J connectivity index is 2.01. The molecule has 0 spiro atoms. The molecule has 0 aliphatic carbocycles. The van der Waals surface area contributed by atoms with Crippen LogP contribution in [0.3, 0.4) is 0 Å². The molecule has 0 unspecified atom stereocenters. The molecule has 3 rings (SSSR count). The Hall–Kier alpha value is -3.59. The number of benzene rings is 2. The first kappa shape index (κ1) is 20.2. The maximum Gasteiger partial charge on any atom is 0.270 e. The van der Waals surface area contributed by atoms with E-state index in [1.54, 1.807) is 18.2 Å². The van der Waals surface area contributed by atoms with Crippen LogP contribution in [-0.4, -0.2) is 52.7 Å². The Kier molecular flexibility index (Phi) is 5.99. The van der Waals surface area contributed by atoms with Gasteiger partial charge < -0.3 is 10.2 Å². The van der Waals surface area contributed by atoms with E-state index >= 15 is 0 Å². The number of nitro groups is 1. The molecule has 1 aromatic heterocycles.